The number of urea groups is 1. The van der Waals surface area contributed by atoms with E-state index in [1.807, 2.05) is 20.8 Å². The van der Waals surface area contributed by atoms with Gasteiger partial charge in [-0.25, -0.2) is 9.59 Å². The number of hydrogen-bond acceptors (Lipinski definition) is 3. The number of rotatable bonds is 6. The second-order valence-electron chi connectivity index (χ2n) is 4.71. The molecule has 0 aliphatic rings. The fourth-order valence-corrected chi connectivity index (χ4v) is 1.96. The molecule has 1 aromatic rings. The van der Waals surface area contributed by atoms with Crippen LogP contribution in [-0.2, 0) is 11.8 Å². The third-order valence-corrected chi connectivity index (χ3v) is 3.30. The smallest absolute Gasteiger partial charge is 0.331 e. The van der Waals surface area contributed by atoms with Gasteiger partial charge in [0.25, 0.3) is 0 Å². The number of nitrogens with zero attached hydrogens (tertiary/aromatic N) is 3. The first-order valence-electron chi connectivity index (χ1n) is 6.69. The van der Waals surface area contributed by atoms with Crippen LogP contribution in [0.2, 0.25) is 0 Å². The molecule has 0 fully saturated rings. The second-order valence-corrected chi connectivity index (χ2v) is 4.71. The standard InChI is InChI=1S/C13H22N4O3/c1-5-9(3)17(6-2)13(20)15-11(12(18)19)10-7-14-16(4)8-10/h7-9,11H,5-6H2,1-4H3,(H,15,20)(H,18,19). The summed E-state index contributed by atoms with van der Waals surface area (Å²) in [4.78, 5) is 25.1. The lowest BCUT2D eigenvalue weighted by Gasteiger charge is -2.28. The van der Waals surface area contributed by atoms with E-state index in [1.54, 1.807) is 18.1 Å². The largest absolute Gasteiger partial charge is 0.479 e. The van der Waals surface area contributed by atoms with Crippen LogP contribution in [0.5, 0.6) is 0 Å². The second kappa shape index (κ2) is 6.93. The van der Waals surface area contributed by atoms with Crippen LogP contribution in [0.3, 0.4) is 0 Å². The molecule has 7 heteroatoms. The molecule has 1 rings (SSSR count). The fourth-order valence-electron chi connectivity index (χ4n) is 1.96. The van der Waals surface area contributed by atoms with Gasteiger partial charge in [0, 0.05) is 31.4 Å². The molecule has 2 amide bonds. The van der Waals surface area contributed by atoms with E-state index in [2.05, 4.69) is 10.4 Å². The van der Waals surface area contributed by atoms with Crippen molar-refractivity contribution in [1.82, 2.24) is 20.0 Å². The Morgan fingerprint density at radius 1 is 1.50 bits per heavy atom. The number of carboxylic acid groups (broad SMARTS) is 1. The van der Waals surface area contributed by atoms with Crippen LogP contribution in [0.25, 0.3) is 0 Å². The Hall–Kier alpha value is -2.05. The van der Waals surface area contributed by atoms with E-state index in [9.17, 15) is 14.7 Å². The first-order valence-corrected chi connectivity index (χ1v) is 6.69. The molecule has 1 heterocycles. The number of aromatic nitrogens is 2. The van der Waals surface area contributed by atoms with Crippen LogP contribution in [-0.4, -0.2) is 44.4 Å². The van der Waals surface area contributed by atoms with Gasteiger partial charge in [0.15, 0.2) is 6.04 Å². The minimum atomic E-state index is -1.11. The van der Waals surface area contributed by atoms with Crippen molar-refractivity contribution in [1.29, 1.82) is 0 Å². The van der Waals surface area contributed by atoms with E-state index in [0.717, 1.165) is 6.42 Å². The third kappa shape index (κ3) is 3.72. The molecular weight excluding hydrogens is 260 g/mol. The van der Waals surface area contributed by atoms with E-state index in [-0.39, 0.29) is 12.1 Å². The lowest BCUT2D eigenvalue weighted by atomic mass is 10.1. The average molecular weight is 282 g/mol. The van der Waals surface area contributed by atoms with E-state index >= 15 is 0 Å². The zero-order valence-electron chi connectivity index (χ0n) is 12.3. The summed E-state index contributed by atoms with van der Waals surface area (Å²) in [6.45, 7) is 6.31. The summed E-state index contributed by atoms with van der Waals surface area (Å²) in [5.41, 5.74) is 0.452. The molecule has 2 unspecified atom stereocenters. The van der Waals surface area contributed by atoms with Crippen molar-refractivity contribution in [2.24, 2.45) is 7.05 Å². The Kier molecular flexibility index (Phi) is 5.54. The molecule has 2 N–H and O–H groups in total. The van der Waals surface area contributed by atoms with E-state index < -0.39 is 12.0 Å². The molecule has 20 heavy (non-hydrogen) atoms. The summed E-state index contributed by atoms with van der Waals surface area (Å²) < 4.78 is 1.50. The molecule has 0 saturated heterocycles. The van der Waals surface area contributed by atoms with Gasteiger partial charge in [-0.3, -0.25) is 4.68 Å². The predicted molar refractivity (Wildman–Crippen MR) is 74.2 cm³/mol. The summed E-state index contributed by atoms with van der Waals surface area (Å²) in [5.74, 6) is -1.11. The van der Waals surface area contributed by atoms with Crippen molar-refractivity contribution in [3.8, 4) is 0 Å². The number of carbonyl (C=O) groups excluding carboxylic acids is 1. The number of amides is 2. The normalized spacial score (nSPS) is 13.6. The van der Waals surface area contributed by atoms with Crippen molar-refractivity contribution in [3.05, 3.63) is 18.0 Å². The zero-order valence-corrected chi connectivity index (χ0v) is 12.3. The predicted octanol–water partition coefficient (Wildman–Crippen LogP) is 1.38. The highest BCUT2D eigenvalue weighted by Crippen LogP contribution is 2.13. The van der Waals surface area contributed by atoms with Gasteiger partial charge in [-0.1, -0.05) is 6.92 Å². The third-order valence-electron chi connectivity index (χ3n) is 3.30. The van der Waals surface area contributed by atoms with Crippen molar-refractivity contribution in [3.63, 3.8) is 0 Å². The van der Waals surface area contributed by atoms with Crippen LogP contribution >= 0.6 is 0 Å². The maximum Gasteiger partial charge on any atom is 0.331 e. The topological polar surface area (TPSA) is 87.5 Å². The minimum Gasteiger partial charge on any atom is -0.479 e. The molecule has 2 atom stereocenters. The molecule has 7 nitrogen and oxygen atoms in total. The highest BCUT2D eigenvalue weighted by Gasteiger charge is 2.26. The quantitative estimate of drug-likeness (QED) is 0.825. The zero-order chi connectivity index (χ0) is 15.3. The Morgan fingerprint density at radius 2 is 2.15 bits per heavy atom. The number of aliphatic carboxylic acids is 1. The number of nitrogens with one attached hydrogen (secondary N) is 1. The summed E-state index contributed by atoms with van der Waals surface area (Å²) in [7, 11) is 1.70. The molecular formula is C13H22N4O3. The molecule has 0 bridgehead atoms. The fraction of sp³-hybridized carbons (Fsp3) is 0.615. The van der Waals surface area contributed by atoms with Crippen molar-refractivity contribution in [2.45, 2.75) is 39.3 Å². The van der Waals surface area contributed by atoms with Gasteiger partial charge in [0.1, 0.15) is 0 Å². The van der Waals surface area contributed by atoms with Gasteiger partial charge in [0.2, 0.25) is 0 Å². The number of carboxylic acids is 1. The molecule has 112 valence electrons. The van der Waals surface area contributed by atoms with Crippen molar-refractivity contribution in [2.75, 3.05) is 6.54 Å². The maximum absolute atomic E-state index is 12.2. The summed E-state index contributed by atoms with van der Waals surface area (Å²) in [6, 6.07) is -1.41. The highest BCUT2D eigenvalue weighted by molar-refractivity contribution is 5.83. The molecule has 0 saturated carbocycles. The van der Waals surface area contributed by atoms with Gasteiger partial charge >= 0.3 is 12.0 Å². The molecule has 0 radical (unpaired) electrons. The molecule has 0 aliphatic carbocycles. The van der Waals surface area contributed by atoms with Crippen LogP contribution in [0, 0.1) is 0 Å². The first-order chi connectivity index (χ1) is 9.40. The Bertz CT molecular complexity index is 472. The number of carbonyl (C=O) groups is 2. The SMILES string of the molecule is CCC(C)N(CC)C(=O)NC(C(=O)O)c1cnn(C)c1. The molecule has 0 spiro atoms. The lowest BCUT2D eigenvalue weighted by Crippen LogP contribution is -2.47. The van der Waals surface area contributed by atoms with E-state index in [4.69, 9.17) is 0 Å². The number of hydrogen-bond donors (Lipinski definition) is 2. The van der Waals surface area contributed by atoms with Crippen LogP contribution < -0.4 is 5.32 Å². The van der Waals surface area contributed by atoms with E-state index in [1.165, 1.54) is 10.9 Å². The summed E-state index contributed by atoms with van der Waals surface area (Å²) in [6.07, 6.45) is 3.84. The van der Waals surface area contributed by atoms with Crippen LogP contribution in [0.15, 0.2) is 12.4 Å². The lowest BCUT2D eigenvalue weighted by molar-refractivity contribution is -0.139. The Labute approximate surface area is 118 Å². The van der Waals surface area contributed by atoms with Gasteiger partial charge in [-0.05, 0) is 20.3 Å². The van der Waals surface area contributed by atoms with Gasteiger partial charge in [-0.15, -0.1) is 0 Å². The Balaban J connectivity index is 2.85. The minimum absolute atomic E-state index is 0.0587. The summed E-state index contributed by atoms with van der Waals surface area (Å²) in [5, 5.41) is 15.7. The average Bonchev–Trinajstić information content (AvgIpc) is 2.82. The van der Waals surface area contributed by atoms with Crippen LogP contribution in [0.4, 0.5) is 4.79 Å². The van der Waals surface area contributed by atoms with Gasteiger partial charge in [-0.2, -0.15) is 5.10 Å². The van der Waals surface area contributed by atoms with Crippen molar-refractivity contribution < 1.29 is 14.7 Å². The van der Waals surface area contributed by atoms with Gasteiger partial charge in [0.05, 0.1) is 6.20 Å². The molecule has 0 aliphatic heterocycles. The maximum atomic E-state index is 12.2. The molecule has 1 aromatic heterocycles. The number of aryl methyl sites for hydroxylation is 1. The Morgan fingerprint density at radius 3 is 2.55 bits per heavy atom. The first kappa shape index (κ1) is 16.0. The molecule has 0 aromatic carbocycles. The monoisotopic (exact) mass is 282 g/mol. The summed E-state index contributed by atoms with van der Waals surface area (Å²) >= 11 is 0. The van der Waals surface area contributed by atoms with E-state index in [0.29, 0.717) is 12.1 Å². The van der Waals surface area contributed by atoms with Gasteiger partial charge < -0.3 is 15.3 Å². The van der Waals surface area contributed by atoms with Crippen molar-refractivity contribution >= 4 is 12.0 Å². The highest BCUT2D eigenvalue weighted by atomic mass is 16.4. The van der Waals surface area contributed by atoms with Crippen LogP contribution in [0.1, 0.15) is 38.8 Å².